The van der Waals surface area contributed by atoms with Crippen LogP contribution in [0.1, 0.15) is 72.1 Å². The first kappa shape index (κ1) is 21.3. The van der Waals surface area contributed by atoms with E-state index in [0.29, 0.717) is 24.7 Å². The van der Waals surface area contributed by atoms with Crippen LogP contribution in [0.4, 0.5) is 0 Å². The van der Waals surface area contributed by atoms with Gasteiger partial charge in [-0.05, 0) is 55.8 Å². The van der Waals surface area contributed by atoms with Gasteiger partial charge in [0.25, 0.3) is 0 Å². The quantitative estimate of drug-likeness (QED) is 0.376. The molecule has 5 heteroatoms. The number of carbonyl (C=O) groups is 1. The van der Waals surface area contributed by atoms with Gasteiger partial charge in [-0.15, -0.1) is 0 Å². The van der Waals surface area contributed by atoms with Crippen molar-refractivity contribution in [2.24, 2.45) is 23.2 Å². The van der Waals surface area contributed by atoms with Gasteiger partial charge in [-0.1, -0.05) is 54.8 Å². The van der Waals surface area contributed by atoms with E-state index in [1.807, 2.05) is 13.0 Å². The number of fused-ring (bicyclic) bond motifs is 1. The van der Waals surface area contributed by atoms with Gasteiger partial charge in [-0.3, -0.25) is 4.79 Å². The van der Waals surface area contributed by atoms with Crippen LogP contribution < -0.4 is 0 Å². The minimum atomic E-state index is -0.469. The molecule has 0 aromatic carbocycles. The Kier molecular flexibility index (Phi) is 6.75. The van der Waals surface area contributed by atoms with Crippen LogP contribution in [-0.2, 0) is 9.53 Å². The molecule has 0 bridgehead atoms. The molecule has 0 aliphatic heterocycles. The van der Waals surface area contributed by atoms with Crippen LogP contribution in [0.2, 0.25) is 0 Å². The van der Waals surface area contributed by atoms with E-state index in [2.05, 4.69) is 29.8 Å². The van der Waals surface area contributed by atoms with E-state index in [0.717, 1.165) is 38.5 Å². The summed E-state index contributed by atoms with van der Waals surface area (Å²) in [5.74, 6) is 0.699. The van der Waals surface area contributed by atoms with Crippen LogP contribution in [0.3, 0.4) is 0 Å². The standard InChI is InChI=1S/C22H35BrO4/c1-4-6-15-16(11-18(23)21(15)27-20(26)5-2)17-12-22(3)8-7-14(24)9-13(22)10-19(17)25/h10,14-19,21,24-25H,4-9,11-12H2,1-3H3/t14-,15-,16?,17?,18+,19-,21+,22+/m0/s1. The van der Waals surface area contributed by atoms with Crippen molar-refractivity contribution < 1.29 is 19.7 Å². The third kappa shape index (κ3) is 4.30. The second-order valence-corrected chi connectivity index (χ2v) is 10.4. The number of alkyl halides is 1. The van der Waals surface area contributed by atoms with Crippen molar-refractivity contribution in [3.63, 3.8) is 0 Å². The maximum Gasteiger partial charge on any atom is 0.305 e. The summed E-state index contributed by atoms with van der Waals surface area (Å²) in [5, 5.41) is 21.0. The van der Waals surface area contributed by atoms with Crippen molar-refractivity contribution >= 4 is 21.9 Å². The van der Waals surface area contributed by atoms with E-state index < -0.39 is 6.10 Å². The van der Waals surface area contributed by atoms with E-state index >= 15 is 0 Å². The molecule has 0 amide bonds. The number of hydrogen-bond acceptors (Lipinski definition) is 4. The number of ether oxygens (including phenoxy) is 1. The predicted octanol–water partition coefficient (Wildman–Crippen LogP) is 4.37. The maximum absolute atomic E-state index is 12.0. The number of aliphatic hydroxyl groups is 2. The first-order valence-corrected chi connectivity index (χ1v) is 11.6. The molecule has 2 N–H and O–H groups in total. The highest BCUT2D eigenvalue weighted by Crippen LogP contribution is 2.55. The summed E-state index contributed by atoms with van der Waals surface area (Å²) >= 11 is 3.78. The normalized spacial score (nSPS) is 44.5. The van der Waals surface area contributed by atoms with Crippen molar-refractivity contribution in [3.05, 3.63) is 11.6 Å². The Balaban J connectivity index is 1.82. The molecule has 0 saturated heterocycles. The van der Waals surface area contributed by atoms with Gasteiger partial charge < -0.3 is 14.9 Å². The van der Waals surface area contributed by atoms with E-state index in [-0.39, 0.29) is 34.3 Å². The minimum Gasteiger partial charge on any atom is -0.461 e. The van der Waals surface area contributed by atoms with E-state index in [9.17, 15) is 15.0 Å². The van der Waals surface area contributed by atoms with E-state index in [1.54, 1.807) is 0 Å². The molecule has 8 atom stereocenters. The maximum atomic E-state index is 12.0. The fraction of sp³-hybridized carbons (Fsp3) is 0.864. The number of rotatable bonds is 5. The van der Waals surface area contributed by atoms with Crippen LogP contribution in [0.15, 0.2) is 11.6 Å². The second kappa shape index (κ2) is 8.54. The number of esters is 1. The van der Waals surface area contributed by atoms with Gasteiger partial charge in [-0.25, -0.2) is 0 Å². The monoisotopic (exact) mass is 442 g/mol. The molecule has 27 heavy (non-hydrogen) atoms. The molecule has 4 nitrogen and oxygen atoms in total. The smallest absolute Gasteiger partial charge is 0.305 e. The van der Waals surface area contributed by atoms with Crippen molar-refractivity contribution in [3.8, 4) is 0 Å². The van der Waals surface area contributed by atoms with Crippen LogP contribution in [-0.4, -0.2) is 39.3 Å². The zero-order chi connectivity index (χ0) is 19.8. The summed E-state index contributed by atoms with van der Waals surface area (Å²) in [7, 11) is 0. The zero-order valence-corrected chi connectivity index (χ0v) is 18.5. The highest BCUT2D eigenvalue weighted by Gasteiger charge is 2.51. The lowest BCUT2D eigenvalue weighted by Crippen LogP contribution is -2.43. The van der Waals surface area contributed by atoms with Crippen molar-refractivity contribution in [1.29, 1.82) is 0 Å². The molecule has 3 aliphatic rings. The van der Waals surface area contributed by atoms with Crippen molar-refractivity contribution in [2.75, 3.05) is 0 Å². The average molecular weight is 443 g/mol. The van der Waals surface area contributed by atoms with Crippen LogP contribution in [0.5, 0.6) is 0 Å². The van der Waals surface area contributed by atoms with Gasteiger partial charge in [0.15, 0.2) is 0 Å². The zero-order valence-electron chi connectivity index (χ0n) is 16.9. The third-order valence-corrected chi connectivity index (χ3v) is 8.21. The first-order valence-electron chi connectivity index (χ1n) is 10.7. The Morgan fingerprint density at radius 3 is 2.74 bits per heavy atom. The molecule has 2 fully saturated rings. The molecule has 3 aliphatic carbocycles. The fourth-order valence-electron chi connectivity index (χ4n) is 5.81. The largest absolute Gasteiger partial charge is 0.461 e. The third-order valence-electron chi connectivity index (χ3n) is 7.31. The SMILES string of the molecule is CCC[C@H]1C(C2C[C@@]3(C)CC[C@H](O)CC3=C[C@@H]2O)C[C@@H](Br)[C@@H]1OC(=O)CC. The molecule has 2 unspecified atom stereocenters. The molecule has 2 saturated carbocycles. The summed E-state index contributed by atoms with van der Waals surface area (Å²) in [4.78, 5) is 12.1. The van der Waals surface area contributed by atoms with Crippen LogP contribution >= 0.6 is 15.9 Å². The Hall–Kier alpha value is -0.390. The number of hydrogen-bond donors (Lipinski definition) is 2. The lowest BCUT2D eigenvalue weighted by atomic mass is 9.59. The Labute approximate surface area is 171 Å². The highest BCUT2D eigenvalue weighted by atomic mass is 79.9. The molecular formula is C22H35BrO4. The molecule has 0 heterocycles. The Morgan fingerprint density at radius 2 is 2.07 bits per heavy atom. The molecule has 0 aromatic rings. The van der Waals surface area contributed by atoms with Crippen molar-refractivity contribution in [2.45, 2.75) is 95.3 Å². The summed E-state index contributed by atoms with van der Waals surface area (Å²) in [6.45, 7) is 6.31. The van der Waals surface area contributed by atoms with E-state index in [1.165, 1.54) is 5.57 Å². The molecule has 0 spiro atoms. The summed E-state index contributed by atoms with van der Waals surface area (Å²) in [5.41, 5.74) is 1.32. The molecule has 0 radical (unpaired) electrons. The Bertz CT molecular complexity index is 577. The van der Waals surface area contributed by atoms with Crippen molar-refractivity contribution in [1.82, 2.24) is 0 Å². The lowest BCUT2D eigenvalue weighted by molar-refractivity contribution is -0.151. The molecule has 154 valence electrons. The summed E-state index contributed by atoms with van der Waals surface area (Å²) < 4.78 is 5.82. The number of aliphatic hydroxyl groups excluding tert-OH is 2. The van der Waals surface area contributed by atoms with Gasteiger partial charge in [-0.2, -0.15) is 0 Å². The van der Waals surface area contributed by atoms with Gasteiger partial charge >= 0.3 is 5.97 Å². The van der Waals surface area contributed by atoms with Crippen LogP contribution in [0.25, 0.3) is 0 Å². The van der Waals surface area contributed by atoms with Gasteiger partial charge in [0.1, 0.15) is 6.10 Å². The molecular weight excluding hydrogens is 408 g/mol. The lowest BCUT2D eigenvalue weighted by Gasteiger charge is -2.47. The Morgan fingerprint density at radius 1 is 1.33 bits per heavy atom. The predicted molar refractivity (Wildman–Crippen MR) is 110 cm³/mol. The van der Waals surface area contributed by atoms with Crippen LogP contribution in [0, 0.1) is 23.2 Å². The number of carbonyl (C=O) groups excluding carboxylic acids is 1. The van der Waals surface area contributed by atoms with Gasteiger partial charge in [0, 0.05) is 12.3 Å². The topological polar surface area (TPSA) is 66.8 Å². The molecule has 3 rings (SSSR count). The molecule has 0 aromatic heterocycles. The number of halogens is 1. The highest BCUT2D eigenvalue weighted by molar-refractivity contribution is 9.09. The summed E-state index contributed by atoms with van der Waals surface area (Å²) in [6.07, 6.45) is 8.10. The second-order valence-electron chi connectivity index (χ2n) is 9.18. The average Bonchev–Trinajstić information content (AvgIpc) is 2.92. The van der Waals surface area contributed by atoms with Gasteiger partial charge in [0.05, 0.1) is 17.0 Å². The minimum absolute atomic E-state index is 0.0832. The summed E-state index contributed by atoms with van der Waals surface area (Å²) in [6, 6.07) is 0. The fourth-order valence-corrected chi connectivity index (χ4v) is 6.74. The van der Waals surface area contributed by atoms with Gasteiger partial charge in [0.2, 0.25) is 0 Å². The first-order chi connectivity index (χ1) is 12.8. The van der Waals surface area contributed by atoms with E-state index in [4.69, 9.17) is 4.74 Å².